The molecule has 1 aromatic heterocycles. The first kappa shape index (κ1) is 13.5. The SMILES string of the molecule is CC(C)c1ccc(C(=O)c2ccc3ncccc3c2)cc1. The zero-order chi connectivity index (χ0) is 14.8. The van der Waals surface area contributed by atoms with Gasteiger partial charge in [0.05, 0.1) is 5.52 Å². The van der Waals surface area contributed by atoms with Crippen LogP contribution in [-0.2, 0) is 0 Å². The van der Waals surface area contributed by atoms with Gasteiger partial charge < -0.3 is 0 Å². The van der Waals surface area contributed by atoms with E-state index in [1.807, 2.05) is 54.6 Å². The van der Waals surface area contributed by atoms with Crippen LogP contribution in [0.5, 0.6) is 0 Å². The number of carbonyl (C=O) groups excluding carboxylic acids is 1. The number of nitrogens with zero attached hydrogens (tertiary/aromatic N) is 1. The van der Waals surface area contributed by atoms with Gasteiger partial charge in [0, 0.05) is 22.7 Å². The summed E-state index contributed by atoms with van der Waals surface area (Å²) in [5, 5.41) is 0.988. The van der Waals surface area contributed by atoms with E-state index in [0.29, 0.717) is 11.5 Å². The van der Waals surface area contributed by atoms with Gasteiger partial charge in [0.1, 0.15) is 0 Å². The molecular weight excluding hydrogens is 258 g/mol. The monoisotopic (exact) mass is 275 g/mol. The van der Waals surface area contributed by atoms with Crippen LogP contribution in [0.3, 0.4) is 0 Å². The van der Waals surface area contributed by atoms with Gasteiger partial charge in [-0.05, 0) is 35.7 Å². The number of ketones is 1. The summed E-state index contributed by atoms with van der Waals surface area (Å²) >= 11 is 0. The molecule has 0 aliphatic rings. The number of carbonyl (C=O) groups is 1. The van der Waals surface area contributed by atoms with Gasteiger partial charge in [-0.1, -0.05) is 44.2 Å². The molecule has 0 amide bonds. The molecule has 0 fully saturated rings. The average Bonchev–Trinajstić information content (AvgIpc) is 2.54. The molecule has 104 valence electrons. The highest BCUT2D eigenvalue weighted by molar-refractivity contribution is 6.10. The van der Waals surface area contributed by atoms with Crippen molar-refractivity contribution in [2.45, 2.75) is 19.8 Å². The van der Waals surface area contributed by atoms with E-state index >= 15 is 0 Å². The lowest BCUT2D eigenvalue weighted by Crippen LogP contribution is -2.01. The number of hydrogen-bond donors (Lipinski definition) is 0. The summed E-state index contributed by atoms with van der Waals surface area (Å²) in [4.78, 5) is 16.8. The molecule has 0 spiro atoms. The van der Waals surface area contributed by atoms with Gasteiger partial charge in [0.2, 0.25) is 0 Å². The Morgan fingerprint density at radius 3 is 2.38 bits per heavy atom. The summed E-state index contributed by atoms with van der Waals surface area (Å²) in [6.07, 6.45) is 1.76. The maximum absolute atomic E-state index is 12.6. The van der Waals surface area contributed by atoms with Crippen molar-refractivity contribution in [2.75, 3.05) is 0 Å². The predicted octanol–water partition coefficient (Wildman–Crippen LogP) is 4.59. The maximum Gasteiger partial charge on any atom is 0.193 e. The molecule has 0 saturated heterocycles. The van der Waals surface area contributed by atoms with E-state index in [9.17, 15) is 4.79 Å². The Labute approximate surface area is 124 Å². The lowest BCUT2D eigenvalue weighted by Gasteiger charge is -2.07. The molecule has 0 aliphatic carbocycles. The fourth-order valence-corrected chi connectivity index (χ4v) is 2.40. The summed E-state index contributed by atoms with van der Waals surface area (Å²) in [5.41, 5.74) is 3.58. The van der Waals surface area contributed by atoms with E-state index in [1.165, 1.54) is 5.56 Å². The van der Waals surface area contributed by atoms with Crippen LogP contribution in [0.2, 0.25) is 0 Å². The van der Waals surface area contributed by atoms with E-state index < -0.39 is 0 Å². The minimum absolute atomic E-state index is 0.0519. The van der Waals surface area contributed by atoms with Crippen LogP contribution in [0.1, 0.15) is 41.3 Å². The zero-order valence-corrected chi connectivity index (χ0v) is 12.2. The minimum Gasteiger partial charge on any atom is -0.289 e. The average molecular weight is 275 g/mol. The van der Waals surface area contributed by atoms with Gasteiger partial charge in [0.15, 0.2) is 5.78 Å². The van der Waals surface area contributed by atoms with Crippen molar-refractivity contribution in [3.63, 3.8) is 0 Å². The Hall–Kier alpha value is -2.48. The third-order valence-electron chi connectivity index (χ3n) is 3.70. The van der Waals surface area contributed by atoms with Crippen LogP contribution in [-0.4, -0.2) is 10.8 Å². The lowest BCUT2D eigenvalue weighted by molar-refractivity contribution is 0.103. The van der Waals surface area contributed by atoms with Crippen LogP contribution < -0.4 is 0 Å². The molecule has 0 bridgehead atoms. The number of pyridine rings is 1. The topological polar surface area (TPSA) is 30.0 Å². The number of hydrogen-bond acceptors (Lipinski definition) is 2. The third kappa shape index (κ3) is 2.70. The Balaban J connectivity index is 1.95. The third-order valence-corrected chi connectivity index (χ3v) is 3.70. The van der Waals surface area contributed by atoms with E-state index in [2.05, 4.69) is 18.8 Å². The van der Waals surface area contributed by atoms with Crippen LogP contribution in [0, 0.1) is 0 Å². The van der Waals surface area contributed by atoms with E-state index in [4.69, 9.17) is 0 Å². The Morgan fingerprint density at radius 2 is 1.67 bits per heavy atom. The quantitative estimate of drug-likeness (QED) is 0.654. The van der Waals surface area contributed by atoms with Crippen LogP contribution in [0.25, 0.3) is 10.9 Å². The molecular formula is C19H17NO. The van der Waals surface area contributed by atoms with Crippen molar-refractivity contribution < 1.29 is 4.79 Å². The lowest BCUT2D eigenvalue weighted by atomic mass is 9.97. The Kier molecular flexibility index (Phi) is 3.53. The Bertz CT molecular complexity index is 788. The van der Waals surface area contributed by atoms with Gasteiger partial charge in [0.25, 0.3) is 0 Å². The maximum atomic E-state index is 12.6. The molecule has 21 heavy (non-hydrogen) atoms. The number of fused-ring (bicyclic) bond motifs is 1. The van der Waals surface area contributed by atoms with E-state index in [-0.39, 0.29) is 5.78 Å². The highest BCUT2D eigenvalue weighted by Gasteiger charge is 2.10. The van der Waals surface area contributed by atoms with Crippen molar-refractivity contribution in [1.82, 2.24) is 4.98 Å². The standard InChI is InChI=1S/C19H17NO/c1-13(2)14-5-7-15(8-6-14)19(21)17-9-10-18-16(12-17)4-3-11-20-18/h3-13H,1-2H3. The summed E-state index contributed by atoms with van der Waals surface area (Å²) < 4.78 is 0. The Morgan fingerprint density at radius 1 is 0.952 bits per heavy atom. The molecule has 0 radical (unpaired) electrons. The molecule has 2 nitrogen and oxygen atoms in total. The summed E-state index contributed by atoms with van der Waals surface area (Å²) in [6, 6.07) is 17.4. The van der Waals surface area contributed by atoms with Gasteiger partial charge in [-0.3, -0.25) is 9.78 Å². The molecule has 0 unspecified atom stereocenters. The number of aromatic nitrogens is 1. The second kappa shape index (κ2) is 5.49. The molecule has 0 N–H and O–H groups in total. The molecule has 3 rings (SSSR count). The molecule has 1 heterocycles. The van der Waals surface area contributed by atoms with Crippen LogP contribution in [0.4, 0.5) is 0 Å². The van der Waals surface area contributed by atoms with Crippen molar-refractivity contribution >= 4 is 16.7 Å². The van der Waals surface area contributed by atoms with Crippen molar-refractivity contribution in [3.8, 4) is 0 Å². The van der Waals surface area contributed by atoms with Crippen molar-refractivity contribution in [1.29, 1.82) is 0 Å². The van der Waals surface area contributed by atoms with Crippen LogP contribution >= 0.6 is 0 Å². The first-order valence-corrected chi connectivity index (χ1v) is 7.14. The van der Waals surface area contributed by atoms with Gasteiger partial charge in [-0.25, -0.2) is 0 Å². The molecule has 2 heteroatoms. The van der Waals surface area contributed by atoms with Crippen molar-refractivity contribution in [3.05, 3.63) is 77.5 Å². The highest BCUT2D eigenvalue weighted by Crippen LogP contribution is 2.19. The largest absolute Gasteiger partial charge is 0.289 e. The molecule has 0 atom stereocenters. The van der Waals surface area contributed by atoms with Crippen molar-refractivity contribution in [2.24, 2.45) is 0 Å². The first-order chi connectivity index (χ1) is 10.1. The molecule has 3 aromatic rings. The van der Waals surface area contributed by atoms with Gasteiger partial charge in [-0.15, -0.1) is 0 Å². The van der Waals surface area contributed by atoms with E-state index in [1.54, 1.807) is 6.20 Å². The highest BCUT2D eigenvalue weighted by atomic mass is 16.1. The van der Waals surface area contributed by atoms with Gasteiger partial charge in [-0.2, -0.15) is 0 Å². The predicted molar refractivity (Wildman–Crippen MR) is 85.7 cm³/mol. The van der Waals surface area contributed by atoms with Gasteiger partial charge >= 0.3 is 0 Å². The second-order valence-electron chi connectivity index (χ2n) is 5.52. The second-order valence-corrected chi connectivity index (χ2v) is 5.52. The summed E-state index contributed by atoms with van der Waals surface area (Å²) in [5.74, 6) is 0.525. The fraction of sp³-hybridized carbons (Fsp3) is 0.158. The van der Waals surface area contributed by atoms with Crippen LogP contribution in [0.15, 0.2) is 60.8 Å². The van der Waals surface area contributed by atoms with E-state index in [0.717, 1.165) is 16.5 Å². The normalized spacial score (nSPS) is 11.0. The zero-order valence-electron chi connectivity index (χ0n) is 12.2. The fourth-order valence-electron chi connectivity index (χ4n) is 2.40. The smallest absolute Gasteiger partial charge is 0.193 e. The summed E-state index contributed by atoms with van der Waals surface area (Å²) in [7, 11) is 0. The number of benzene rings is 2. The first-order valence-electron chi connectivity index (χ1n) is 7.14. The molecule has 2 aromatic carbocycles. The molecule has 0 saturated carbocycles. The summed E-state index contributed by atoms with van der Waals surface area (Å²) in [6.45, 7) is 4.29. The molecule has 0 aliphatic heterocycles. The number of rotatable bonds is 3. The minimum atomic E-state index is 0.0519.